The van der Waals surface area contributed by atoms with E-state index in [0.717, 1.165) is 30.6 Å². The minimum absolute atomic E-state index is 0.0775. The van der Waals surface area contributed by atoms with Gasteiger partial charge in [0.15, 0.2) is 0 Å². The average Bonchev–Trinajstić information content (AvgIpc) is 3.00. The molecule has 2 heterocycles. The lowest BCUT2D eigenvalue weighted by Gasteiger charge is -2.33. The first kappa shape index (κ1) is 16.2. The molecule has 0 bridgehead atoms. The summed E-state index contributed by atoms with van der Waals surface area (Å²) in [5.41, 5.74) is 2.35. The molecule has 1 amide bonds. The highest BCUT2D eigenvalue weighted by Gasteiger charge is 2.25. The van der Waals surface area contributed by atoms with E-state index >= 15 is 0 Å². The van der Waals surface area contributed by atoms with Crippen molar-refractivity contribution in [1.82, 2.24) is 14.7 Å². The van der Waals surface area contributed by atoms with Crippen LogP contribution in [-0.2, 0) is 11.3 Å². The first-order chi connectivity index (χ1) is 11.5. The number of benzene rings is 1. The van der Waals surface area contributed by atoms with Crippen LogP contribution in [0.5, 0.6) is 0 Å². The second-order valence-corrected chi connectivity index (χ2v) is 6.24. The molecule has 1 aliphatic rings. The van der Waals surface area contributed by atoms with Gasteiger partial charge in [-0.3, -0.25) is 9.48 Å². The van der Waals surface area contributed by atoms with Crippen LogP contribution in [0.25, 0.3) is 0 Å². The third kappa shape index (κ3) is 3.48. The Morgan fingerprint density at radius 2 is 2.00 bits per heavy atom. The Kier molecular flexibility index (Phi) is 4.64. The van der Waals surface area contributed by atoms with Crippen LogP contribution in [0.2, 0.25) is 0 Å². The largest absolute Gasteiger partial charge is 0.478 e. The summed E-state index contributed by atoms with van der Waals surface area (Å²) in [6.07, 6.45) is 3.66. The van der Waals surface area contributed by atoms with E-state index in [2.05, 4.69) is 5.10 Å². The molecule has 1 fully saturated rings. The number of aromatic carboxylic acids is 1. The minimum atomic E-state index is -0.920. The first-order valence-electron chi connectivity index (χ1n) is 8.14. The maximum absolute atomic E-state index is 12.5. The van der Waals surface area contributed by atoms with E-state index in [-0.39, 0.29) is 23.9 Å². The molecule has 2 aromatic rings. The quantitative estimate of drug-likeness (QED) is 0.935. The molecule has 1 aromatic heterocycles. The number of amides is 1. The topological polar surface area (TPSA) is 75.4 Å². The summed E-state index contributed by atoms with van der Waals surface area (Å²) in [4.78, 5) is 25.4. The molecule has 126 valence electrons. The van der Waals surface area contributed by atoms with Gasteiger partial charge in [-0.2, -0.15) is 5.10 Å². The van der Waals surface area contributed by atoms with Crippen molar-refractivity contribution in [3.63, 3.8) is 0 Å². The van der Waals surface area contributed by atoms with Gasteiger partial charge in [0, 0.05) is 30.9 Å². The lowest BCUT2D eigenvalue weighted by Crippen LogP contribution is -2.41. The van der Waals surface area contributed by atoms with Crippen molar-refractivity contribution >= 4 is 11.9 Å². The second kappa shape index (κ2) is 6.86. The molecule has 0 radical (unpaired) electrons. The van der Waals surface area contributed by atoms with Crippen LogP contribution in [0.4, 0.5) is 0 Å². The van der Waals surface area contributed by atoms with Gasteiger partial charge >= 0.3 is 5.97 Å². The standard InChI is InChI=1S/C18H21N3O3/c1-13-8-9-19-21(13)12-17(22)20-10-2-3-16(11-20)14-4-6-15(7-5-14)18(23)24/h4-9,16H,2-3,10-12H2,1H3,(H,23,24). The summed E-state index contributed by atoms with van der Waals surface area (Å²) < 4.78 is 1.72. The summed E-state index contributed by atoms with van der Waals surface area (Å²) in [7, 11) is 0. The number of piperidine rings is 1. The van der Waals surface area contributed by atoms with Crippen molar-refractivity contribution in [1.29, 1.82) is 0 Å². The Bertz CT molecular complexity index is 736. The van der Waals surface area contributed by atoms with Crippen molar-refractivity contribution in [2.75, 3.05) is 13.1 Å². The molecule has 3 rings (SSSR count). The SMILES string of the molecule is Cc1ccnn1CC(=O)N1CCCC(c2ccc(C(=O)O)cc2)C1. The molecular formula is C18H21N3O3. The van der Waals surface area contributed by atoms with Crippen LogP contribution in [0.1, 0.15) is 40.4 Å². The van der Waals surface area contributed by atoms with Gasteiger partial charge in [0.2, 0.25) is 5.91 Å². The third-order valence-corrected chi connectivity index (χ3v) is 4.62. The molecular weight excluding hydrogens is 306 g/mol. The van der Waals surface area contributed by atoms with E-state index in [1.807, 2.05) is 30.0 Å². The number of carboxylic acids is 1. The fraction of sp³-hybridized carbons (Fsp3) is 0.389. The Balaban J connectivity index is 1.66. The van der Waals surface area contributed by atoms with Crippen molar-refractivity contribution < 1.29 is 14.7 Å². The molecule has 6 nitrogen and oxygen atoms in total. The Hall–Kier alpha value is -2.63. The molecule has 0 spiro atoms. The van der Waals surface area contributed by atoms with Crippen LogP contribution in [0, 0.1) is 6.92 Å². The van der Waals surface area contributed by atoms with Gasteiger partial charge < -0.3 is 10.0 Å². The fourth-order valence-electron chi connectivity index (χ4n) is 3.17. The van der Waals surface area contributed by atoms with Crippen molar-refractivity contribution in [2.24, 2.45) is 0 Å². The zero-order chi connectivity index (χ0) is 17.1. The summed E-state index contributed by atoms with van der Waals surface area (Å²) in [5, 5.41) is 13.2. The van der Waals surface area contributed by atoms with Gasteiger partial charge in [0.1, 0.15) is 6.54 Å². The summed E-state index contributed by atoms with van der Waals surface area (Å²) in [5.74, 6) is -0.588. The van der Waals surface area contributed by atoms with Gasteiger partial charge in [0.25, 0.3) is 0 Å². The van der Waals surface area contributed by atoms with Crippen molar-refractivity contribution in [3.8, 4) is 0 Å². The highest BCUT2D eigenvalue weighted by Crippen LogP contribution is 2.27. The number of likely N-dealkylation sites (tertiary alicyclic amines) is 1. The first-order valence-corrected chi connectivity index (χ1v) is 8.14. The van der Waals surface area contributed by atoms with E-state index in [9.17, 15) is 9.59 Å². The number of carboxylic acid groups (broad SMARTS) is 1. The van der Waals surface area contributed by atoms with Crippen LogP contribution in [0.3, 0.4) is 0 Å². The smallest absolute Gasteiger partial charge is 0.335 e. The number of aromatic nitrogens is 2. The molecule has 1 N–H and O–H groups in total. The average molecular weight is 327 g/mol. The Labute approximate surface area is 140 Å². The number of carbonyl (C=O) groups is 2. The third-order valence-electron chi connectivity index (χ3n) is 4.62. The lowest BCUT2D eigenvalue weighted by molar-refractivity contribution is -0.133. The molecule has 1 atom stereocenters. The molecule has 1 saturated heterocycles. The van der Waals surface area contributed by atoms with Crippen molar-refractivity contribution in [3.05, 3.63) is 53.3 Å². The number of rotatable bonds is 4. The van der Waals surface area contributed by atoms with E-state index < -0.39 is 5.97 Å². The van der Waals surface area contributed by atoms with Crippen LogP contribution < -0.4 is 0 Å². The minimum Gasteiger partial charge on any atom is -0.478 e. The summed E-state index contributed by atoms with van der Waals surface area (Å²) >= 11 is 0. The predicted octanol–water partition coefficient (Wildman–Crippen LogP) is 2.30. The maximum atomic E-state index is 12.5. The summed E-state index contributed by atoms with van der Waals surface area (Å²) in [6.45, 7) is 3.64. The van der Waals surface area contributed by atoms with E-state index in [0.29, 0.717) is 6.54 Å². The Morgan fingerprint density at radius 3 is 2.62 bits per heavy atom. The maximum Gasteiger partial charge on any atom is 0.335 e. The number of hydrogen-bond donors (Lipinski definition) is 1. The molecule has 1 aliphatic heterocycles. The van der Waals surface area contributed by atoms with Crippen LogP contribution >= 0.6 is 0 Å². The monoisotopic (exact) mass is 327 g/mol. The number of nitrogens with zero attached hydrogens (tertiary/aromatic N) is 3. The van der Waals surface area contributed by atoms with Gasteiger partial charge in [-0.1, -0.05) is 12.1 Å². The predicted molar refractivity (Wildman–Crippen MR) is 88.9 cm³/mol. The van der Waals surface area contributed by atoms with Gasteiger partial charge in [-0.15, -0.1) is 0 Å². The van der Waals surface area contributed by atoms with Gasteiger partial charge in [-0.05, 0) is 43.5 Å². The van der Waals surface area contributed by atoms with E-state index in [1.165, 1.54) is 0 Å². The normalized spacial score (nSPS) is 17.7. The molecule has 1 unspecified atom stereocenters. The molecule has 0 saturated carbocycles. The summed E-state index contributed by atoms with van der Waals surface area (Å²) in [6, 6.07) is 8.87. The van der Waals surface area contributed by atoms with Crippen LogP contribution in [-0.4, -0.2) is 44.8 Å². The number of carbonyl (C=O) groups excluding carboxylic acids is 1. The second-order valence-electron chi connectivity index (χ2n) is 6.24. The highest BCUT2D eigenvalue weighted by atomic mass is 16.4. The zero-order valence-corrected chi connectivity index (χ0v) is 13.7. The van der Waals surface area contributed by atoms with Crippen molar-refractivity contribution in [2.45, 2.75) is 32.2 Å². The zero-order valence-electron chi connectivity index (χ0n) is 13.7. The van der Waals surface area contributed by atoms with Crippen LogP contribution in [0.15, 0.2) is 36.5 Å². The molecule has 24 heavy (non-hydrogen) atoms. The highest BCUT2D eigenvalue weighted by molar-refractivity contribution is 5.87. The van der Waals surface area contributed by atoms with E-state index in [4.69, 9.17) is 5.11 Å². The molecule has 0 aliphatic carbocycles. The number of hydrogen-bond acceptors (Lipinski definition) is 3. The fourth-order valence-corrected chi connectivity index (χ4v) is 3.17. The number of aryl methyl sites for hydroxylation is 1. The Morgan fingerprint density at radius 1 is 1.25 bits per heavy atom. The van der Waals surface area contributed by atoms with Gasteiger partial charge in [0.05, 0.1) is 5.56 Å². The molecule has 6 heteroatoms. The lowest BCUT2D eigenvalue weighted by atomic mass is 9.90. The van der Waals surface area contributed by atoms with E-state index in [1.54, 1.807) is 23.0 Å². The molecule has 1 aromatic carbocycles. The van der Waals surface area contributed by atoms with Gasteiger partial charge in [-0.25, -0.2) is 4.79 Å².